The van der Waals surface area contributed by atoms with Gasteiger partial charge in [0.1, 0.15) is 17.5 Å². The number of methoxy groups -OCH3 is 2. The summed E-state index contributed by atoms with van der Waals surface area (Å²) in [7, 11) is 3.18. The molecule has 0 radical (unpaired) electrons. The Bertz CT molecular complexity index is 742. The second-order valence-electron chi connectivity index (χ2n) is 6.92. The lowest BCUT2D eigenvalue weighted by molar-refractivity contribution is -0.692. The number of quaternary nitrogens is 1. The van der Waals surface area contributed by atoms with E-state index in [9.17, 15) is 4.79 Å². The number of rotatable bonds is 9. The number of hydrogen-bond donors (Lipinski definition) is 2. The lowest BCUT2D eigenvalue weighted by Gasteiger charge is -2.20. The molecule has 146 valence electrons. The summed E-state index contributed by atoms with van der Waals surface area (Å²) in [6.45, 7) is 6.84. The second-order valence-corrected chi connectivity index (χ2v) is 6.92. The molecule has 0 unspecified atom stereocenters. The monoisotopic (exact) mass is 371 g/mol. The van der Waals surface area contributed by atoms with Crippen molar-refractivity contribution in [3.8, 4) is 11.5 Å². The fourth-order valence-corrected chi connectivity index (χ4v) is 3.12. The number of nitrogens with one attached hydrogen (secondary N) is 1. The molecule has 5 nitrogen and oxygen atoms in total. The van der Waals surface area contributed by atoms with E-state index in [0.29, 0.717) is 29.6 Å². The molecule has 27 heavy (non-hydrogen) atoms. The lowest BCUT2D eigenvalue weighted by atomic mass is 9.95. The smallest absolute Gasteiger partial charge is 0.279 e. The number of benzene rings is 2. The Morgan fingerprint density at radius 2 is 1.78 bits per heavy atom. The first-order valence-corrected chi connectivity index (χ1v) is 9.42. The summed E-state index contributed by atoms with van der Waals surface area (Å²) in [5.74, 6) is 1.62. The van der Waals surface area contributed by atoms with Gasteiger partial charge in [0, 0.05) is 17.5 Å². The van der Waals surface area contributed by atoms with E-state index >= 15 is 0 Å². The van der Waals surface area contributed by atoms with Crippen molar-refractivity contribution < 1.29 is 19.6 Å². The molecule has 1 amide bonds. The standard InChI is InChI=1S/C22H30N2O3/c1-6-16-7-9-17(10-8-16)22(15(2)3)23-14-21(25)24-19-13-18(26-4)11-12-20(19)27-5/h7-13,15,22-23H,6,14H2,1-5H3,(H,24,25)/p+1/t22-/m1/s1. The van der Waals surface area contributed by atoms with E-state index in [1.54, 1.807) is 32.4 Å². The number of nitrogens with two attached hydrogens (primary N) is 1. The SMILES string of the molecule is CCc1ccc([C@H]([NH2+]CC(=O)Nc2cc(OC)ccc2OC)C(C)C)cc1. The third kappa shape index (κ3) is 5.73. The molecule has 2 rings (SSSR count). The van der Waals surface area contributed by atoms with E-state index in [4.69, 9.17) is 9.47 Å². The lowest BCUT2D eigenvalue weighted by Crippen LogP contribution is -2.88. The molecule has 0 heterocycles. The topological polar surface area (TPSA) is 64.2 Å². The maximum Gasteiger partial charge on any atom is 0.279 e. The van der Waals surface area contributed by atoms with Gasteiger partial charge in [-0.2, -0.15) is 0 Å². The molecule has 0 aliphatic heterocycles. The van der Waals surface area contributed by atoms with Crippen molar-refractivity contribution in [3.63, 3.8) is 0 Å². The van der Waals surface area contributed by atoms with Crippen LogP contribution in [-0.4, -0.2) is 26.7 Å². The Morgan fingerprint density at radius 1 is 1.07 bits per heavy atom. The number of hydrogen-bond acceptors (Lipinski definition) is 3. The fourth-order valence-electron chi connectivity index (χ4n) is 3.12. The maximum absolute atomic E-state index is 12.5. The molecule has 1 atom stereocenters. The molecule has 0 aliphatic rings. The molecule has 2 aromatic rings. The highest BCUT2D eigenvalue weighted by Gasteiger charge is 2.21. The second kappa shape index (κ2) is 9.97. The van der Waals surface area contributed by atoms with Gasteiger partial charge in [-0.1, -0.05) is 45.0 Å². The molecular weight excluding hydrogens is 340 g/mol. The zero-order valence-electron chi connectivity index (χ0n) is 16.9. The van der Waals surface area contributed by atoms with E-state index in [2.05, 4.69) is 55.7 Å². The molecule has 3 N–H and O–H groups in total. The first-order valence-electron chi connectivity index (χ1n) is 9.42. The van der Waals surface area contributed by atoms with Crippen LogP contribution in [0.1, 0.15) is 37.9 Å². The zero-order chi connectivity index (χ0) is 19.8. The van der Waals surface area contributed by atoms with Crippen LogP contribution in [0.4, 0.5) is 5.69 Å². The van der Waals surface area contributed by atoms with Gasteiger partial charge < -0.3 is 20.1 Å². The van der Waals surface area contributed by atoms with E-state index in [1.807, 2.05) is 0 Å². The van der Waals surface area contributed by atoms with Crippen LogP contribution in [0.15, 0.2) is 42.5 Å². The van der Waals surface area contributed by atoms with Gasteiger partial charge in [-0.15, -0.1) is 0 Å². The van der Waals surface area contributed by atoms with E-state index in [0.717, 1.165) is 6.42 Å². The summed E-state index contributed by atoms with van der Waals surface area (Å²) < 4.78 is 10.5. The fraction of sp³-hybridized carbons (Fsp3) is 0.409. The highest BCUT2D eigenvalue weighted by molar-refractivity contribution is 5.93. The minimum atomic E-state index is -0.0719. The summed E-state index contributed by atoms with van der Waals surface area (Å²) in [6.07, 6.45) is 1.03. The summed E-state index contributed by atoms with van der Waals surface area (Å²) in [5.41, 5.74) is 3.18. The summed E-state index contributed by atoms with van der Waals surface area (Å²) >= 11 is 0. The predicted molar refractivity (Wildman–Crippen MR) is 108 cm³/mol. The van der Waals surface area contributed by atoms with Gasteiger partial charge in [-0.05, 0) is 24.1 Å². The Kier molecular flexibility index (Phi) is 7.67. The molecular formula is C22H31N2O3+. The van der Waals surface area contributed by atoms with Gasteiger partial charge >= 0.3 is 0 Å². The van der Waals surface area contributed by atoms with Crippen LogP contribution in [0.3, 0.4) is 0 Å². The van der Waals surface area contributed by atoms with Crippen molar-refractivity contribution in [2.75, 3.05) is 26.1 Å². The van der Waals surface area contributed by atoms with Crippen LogP contribution in [0.2, 0.25) is 0 Å². The van der Waals surface area contributed by atoms with Gasteiger partial charge in [0.2, 0.25) is 0 Å². The van der Waals surface area contributed by atoms with E-state index in [1.165, 1.54) is 11.1 Å². The zero-order valence-corrected chi connectivity index (χ0v) is 16.9. The molecule has 0 aromatic heterocycles. The minimum absolute atomic E-state index is 0.0719. The molecule has 0 saturated carbocycles. The number of ether oxygens (including phenoxy) is 2. The average Bonchev–Trinajstić information content (AvgIpc) is 2.68. The van der Waals surface area contributed by atoms with Gasteiger partial charge in [0.25, 0.3) is 5.91 Å². The van der Waals surface area contributed by atoms with Crippen LogP contribution in [-0.2, 0) is 11.2 Å². The van der Waals surface area contributed by atoms with E-state index in [-0.39, 0.29) is 11.9 Å². The molecule has 2 aromatic carbocycles. The van der Waals surface area contributed by atoms with Crippen molar-refractivity contribution in [2.45, 2.75) is 33.2 Å². The maximum atomic E-state index is 12.5. The predicted octanol–water partition coefficient (Wildman–Crippen LogP) is 3.17. The minimum Gasteiger partial charge on any atom is -0.497 e. The third-order valence-electron chi connectivity index (χ3n) is 4.73. The van der Waals surface area contributed by atoms with Crippen LogP contribution in [0, 0.1) is 5.92 Å². The Balaban J connectivity index is 2.03. The van der Waals surface area contributed by atoms with Gasteiger partial charge in [-0.25, -0.2) is 0 Å². The Labute approximate surface area is 162 Å². The van der Waals surface area contributed by atoms with Crippen molar-refractivity contribution >= 4 is 11.6 Å². The number of carbonyl (C=O) groups is 1. The first-order chi connectivity index (χ1) is 13.0. The summed E-state index contributed by atoms with van der Waals surface area (Å²) in [5, 5.41) is 5.02. The molecule has 0 saturated heterocycles. The normalized spacial score (nSPS) is 11.9. The average molecular weight is 372 g/mol. The van der Waals surface area contributed by atoms with Gasteiger partial charge in [0.05, 0.1) is 19.9 Å². The van der Waals surface area contributed by atoms with Crippen molar-refractivity contribution in [1.82, 2.24) is 0 Å². The molecule has 0 aliphatic carbocycles. The highest BCUT2D eigenvalue weighted by Crippen LogP contribution is 2.28. The Hall–Kier alpha value is -2.53. The van der Waals surface area contributed by atoms with Crippen LogP contribution in [0.25, 0.3) is 0 Å². The van der Waals surface area contributed by atoms with Gasteiger partial charge in [0.15, 0.2) is 6.54 Å². The molecule has 0 spiro atoms. The van der Waals surface area contributed by atoms with E-state index < -0.39 is 0 Å². The van der Waals surface area contributed by atoms with Crippen molar-refractivity contribution in [1.29, 1.82) is 0 Å². The summed E-state index contributed by atoms with van der Waals surface area (Å²) in [6, 6.07) is 14.2. The number of aryl methyl sites for hydroxylation is 1. The van der Waals surface area contributed by atoms with Crippen LogP contribution in [0.5, 0.6) is 11.5 Å². The van der Waals surface area contributed by atoms with Crippen molar-refractivity contribution in [2.24, 2.45) is 5.92 Å². The third-order valence-corrected chi connectivity index (χ3v) is 4.73. The van der Waals surface area contributed by atoms with Crippen LogP contribution >= 0.6 is 0 Å². The van der Waals surface area contributed by atoms with Crippen molar-refractivity contribution in [3.05, 3.63) is 53.6 Å². The number of amides is 1. The molecule has 0 fully saturated rings. The van der Waals surface area contributed by atoms with Crippen LogP contribution < -0.4 is 20.1 Å². The molecule has 0 bridgehead atoms. The summed E-state index contributed by atoms with van der Waals surface area (Å²) in [4.78, 5) is 12.5. The number of anilines is 1. The first kappa shape index (κ1) is 20.8. The Morgan fingerprint density at radius 3 is 2.33 bits per heavy atom. The van der Waals surface area contributed by atoms with Gasteiger partial charge in [-0.3, -0.25) is 4.79 Å². The quantitative estimate of drug-likeness (QED) is 0.712. The molecule has 5 heteroatoms. The highest BCUT2D eigenvalue weighted by atomic mass is 16.5. The number of carbonyl (C=O) groups excluding carboxylic acids is 1. The largest absolute Gasteiger partial charge is 0.497 e.